The van der Waals surface area contributed by atoms with Crippen molar-refractivity contribution >= 4 is 34.7 Å². The minimum absolute atomic E-state index is 0.0440. The molecule has 2 aliphatic heterocycles. The number of imide groups is 1. The maximum atomic E-state index is 13.3. The number of thiophene rings is 1. The lowest BCUT2D eigenvalue weighted by atomic mass is 9.93. The van der Waals surface area contributed by atoms with Gasteiger partial charge in [-0.3, -0.25) is 24.3 Å². The molecule has 1 fully saturated rings. The van der Waals surface area contributed by atoms with E-state index in [4.69, 9.17) is 0 Å². The molecule has 0 saturated carbocycles. The molecule has 3 amide bonds. The first-order chi connectivity index (χ1) is 17.1. The summed E-state index contributed by atoms with van der Waals surface area (Å²) in [6, 6.07) is 13.2. The van der Waals surface area contributed by atoms with Crippen LogP contribution < -0.4 is 4.90 Å². The third-order valence-electron chi connectivity index (χ3n) is 6.87. The maximum absolute atomic E-state index is 13.3. The van der Waals surface area contributed by atoms with E-state index in [1.807, 2.05) is 53.6 Å². The summed E-state index contributed by atoms with van der Waals surface area (Å²) >= 11 is 1.54. The second kappa shape index (κ2) is 10.00. The van der Waals surface area contributed by atoms with E-state index < -0.39 is 0 Å². The van der Waals surface area contributed by atoms with Crippen molar-refractivity contribution in [2.45, 2.75) is 32.9 Å². The van der Waals surface area contributed by atoms with Crippen LogP contribution in [-0.4, -0.2) is 52.1 Å². The molecule has 1 aromatic carbocycles. The van der Waals surface area contributed by atoms with E-state index in [0.29, 0.717) is 43.9 Å². The molecule has 180 valence electrons. The van der Waals surface area contributed by atoms with Crippen molar-refractivity contribution < 1.29 is 14.4 Å². The molecule has 1 saturated heterocycles. The van der Waals surface area contributed by atoms with Gasteiger partial charge in [0.15, 0.2) is 0 Å². The number of pyridine rings is 1. The van der Waals surface area contributed by atoms with Crippen molar-refractivity contribution in [1.82, 2.24) is 14.8 Å². The highest BCUT2D eigenvalue weighted by Gasteiger charge is 2.39. The van der Waals surface area contributed by atoms with Crippen molar-refractivity contribution in [1.29, 1.82) is 0 Å². The van der Waals surface area contributed by atoms with Gasteiger partial charge in [-0.2, -0.15) is 0 Å². The molecule has 0 unspecified atom stereocenters. The molecular formula is C27H28N4O3S. The average molecular weight is 489 g/mol. The van der Waals surface area contributed by atoms with E-state index in [2.05, 4.69) is 9.88 Å². The Kier molecular flexibility index (Phi) is 6.63. The first-order valence-corrected chi connectivity index (χ1v) is 12.9. The highest BCUT2D eigenvalue weighted by molar-refractivity contribution is 7.09. The molecule has 2 aliphatic rings. The lowest BCUT2D eigenvalue weighted by molar-refractivity contribution is -0.136. The zero-order chi connectivity index (χ0) is 24.4. The van der Waals surface area contributed by atoms with E-state index in [1.54, 1.807) is 18.5 Å². The molecule has 3 aromatic rings. The Bertz CT molecular complexity index is 1220. The van der Waals surface area contributed by atoms with Crippen LogP contribution in [0.2, 0.25) is 0 Å². The molecular weight excluding hydrogens is 460 g/mol. The third-order valence-corrected chi connectivity index (χ3v) is 7.73. The van der Waals surface area contributed by atoms with Crippen molar-refractivity contribution in [3.05, 3.63) is 81.8 Å². The summed E-state index contributed by atoms with van der Waals surface area (Å²) in [7, 11) is 0. The molecule has 0 bridgehead atoms. The maximum Gasteiger partial charge on any atom is 0.264 e. The Morgan fingerprint density at radius 2 is 1.83 bits per heavy atom. The number of aromatic nitrogens is 1. The summed E-state index contributed by atoms with van der Waals surface area (Å²) in [5, 5.41) is 1.95. The molecule has 7 nitrogen and oxygen atoms in total. The lowest BCUT2D eigenvalue weighted by Crippen LogP contribution is -2.42. The Morgan fingerprint density at radius 1 is 1.06 bits per heavy atom. The number of carbonyl (C=O) groups is 3. The fourth-order valence-corrected chi connectivity index (χ4v) is 5.65. The minimum atomic E-state index is -0.236. The molecule has 0 spiro atoms. The fourth-order valence-electron chi connectivity index (χ4n) is 4.96. The standard InChI is InChI=1S/C27H28N4O3S/c1-2-29(17-19-8-12-28-13-9-19)25(32)20-10-14-30(15-11-20)23-7-3-6-22-24(23)27(34)31(26(22)33)18-21-5-4-16-35-21/h3-9,12-13,16,20H,2,10-11,14-15,17-18H2,1H3. The largest absolute Gasteiger partial charge is 0.371 e. The van der Waals surface area contributed by atoms with Crippen LogP contribution in [0.25, 0.3) is 0 Å². The van der Waals surface area contributed by atoms with E-state index in [0.717, 1.165) is 29.0 Å². The van der Waals surface area contributed by atoms with Gasteiger partial charge in [0.2, 0.25) is 5.91 Å². The molecule has 0 aliphatic carbocycles. The number of rotatable bonds is 7. The number of anilines is 1. The predicted octanol–water partition coefficient (Wildman–Crippen LogP) is 4.20. The van der Waals surface area contributed by atoms with Gasteiger partial charge in [0, 0.05) is 49.4 Å². The number of benzene rings is 1. The van der Waals surface area contributed by atoms with Gasteiger partial charge >= 0.3 is 0 Å². The lowest BCUT2D eigenvalue weighted by Gasteiger charge is -2.36. The Morgan fingerprint density at radius 3 is 2.51 bits per heavy atom. The number of fused-ring (bicyclic) bond motifs is 1. The van der Waals surface area contributed by atoms with E-state index >= 15 is 0 Å². The molecule has 5 rings (SSSR count). The van der Waals surface area contributed by atoms with Crippen molar-refractivity contribution in [3.63, 3.8) is 0 Å². The summed E-state index contributed by atoms with van der Waals surface area (Å²) in [6.45, 7) is 4.89. The van der Waals surface area contributed by atoms with E-state index in [-0.39, 0.29) is 23.6 Å². The van der Waals surface area contributed by atoms with Crippen LogP contribution in [0, 0.1) is 5.92 Å². The topological polar surface area (TPSA) is 73.8 Å². The van der Waals surface area contributed by atoms with Crippen LogP contribution in [0.5, 0.6) is 0 Å². The van der Waals surface area contributed by atoms with Crippen LogP contribution in [0.1, 0.15) is 50.9 Å². The van der Waals surface area contributed by atoms with Crippen molar-refractivity contribution in [2.75, 3.05) is 24.5 Å². The van der Waals surface area contributed by atoms with Gasteiger partial charge < -0.3 is 9.80 Å². The fraction of sp³-hybridized carbons (Fsp3) is 0.333. The second-order valence-electron chi connectivity index (χ2n) is 8.94. The van der Waals surface area contributed by atoms with Gasteiger partial charge in [0.05, 0.1) is 23.4 Å². The summed E-state index contributed by atoms with van der Waals surface area (Å²) < 4.78 is 0. The molecule has 8 heteroatoms. The highest BCUT2D eigenvalue weighted by atomic mass is 32.1. The number of piperidine rings is 1. The number of carbonyl (C=O) groups excluding carboxylic acids is 3. The predicted molar refractivity (Wildman–Crippen MR) is 135 cm³/mol. The van der Waals surface area contributed by atoms with Gasteiger partial charge in [-0.25, -0.2) is 0 Å². The third kappa shape index (κ3) is 4.58. The summed E-state index contributed by atoms with van der Waals surface area (Å²) in [4.78, 5) is 50.0. The van der Waals surface area contributed by atoms with Crippen LogP contribution >= 0.6 is 11.3 Å². The highest BCUT2D eigenvalue weighted by Crippen LogP contribution is 2.35. The minimum Gasteiger partial charge on any atom is -0.371 e. The van der Waals surface area contributed by atoms with Crippen molar-refractivity contribution in [3.8, 4) is 0 Å². The number of nitrogens with zero attached hydrogens (tertiary/aromatic N) is 4. The normalized spacial score (nSPS) is 16.0. The number of amides is 3. The summed E-state index contributed by atoms with van der Waals surface area (Å²) in [5.74, 6) is -0.338. The Labute approximate surface area is 209 Å². The molecule has 35 heavy (non-hydrogen) atoms. The smallest absolute Gasteiger partial charge is 0.264 e. The Balaban J connectivity index is 1.27. The number of hydrogen-bond acceptors (Lipinski definition) is 6. The Hall–Kier alpha value is -3.52. The van der Waals surface area contributed by atoms with Crippen LogP contribution in [0.4, 0.5) is 5.69 Å². The zero-order valence-electron chi connectivity index (χ0n) is 19.7. The van der Waals surface area contributed by atoms with E-state index in [9.17, 15) is 14.4 Å². The summed E-state index contributed by atoms with van der Waals surface area (Å²) in [6.07, 6.45) is 4.93. The number of hydrogen-bond donors (Lipinski definition) is 0. The zero-order valence-corrected chi connectivity index (χ0v) is 20.5. The molecule has 0 N–H and O–H groups in total. The first kappa shape index (κ1) is 23.2. The monoisotopic (exact) mass is 488 g/mol. The van der Waals surface area contributed by atoms with Crippen LogP contribution in [-0.2, 0) is 17.9 Å². The first-order valence-electron chi connectivity index (χ1n) is 12.0. The molecule has 2 aromatic heterocycles. The molecule has 4 heterocycles. The molecule has 0 atom stereocenters. The SMILES string of the molecule is CCN(Cc1ccncc1)C(=O)C1CCN(c2cccc3c2C(=O)N(Cc2cccs2)C3=O)CC1. The molecule has 0 radical (unpaired) electrons. The van der Waals surface area contributed by atoms with E-state index in [1.165, 1.54) is 16.2 Å². The summed E-state index contributed by atoms with van der Waals surface area (Å²) in [5.41, 5.74) is 2.83. The van der Waals surface area contributed by atoms with Gasteiger partial charge in [-0.1, -0.05) is 12.1 Å². The van der Waals surface area contributed by atoms with Crippen LogP contribution in [0.15, 0.2) is 60.2 Å². The van der Waals surface area contributed by atoms with Gasteiger partial charge in [0.25, 0.3) is 11.8 Å². The van der Waals surface area contributed by atoms with Gasteiger partial charge in [0.1, 0.15) is 0 Å². The van der Waals surface area contributed by atoms with Gasteiger partial charge in [-0.15, -0.1) is 11.3 Å². The van der Waals surface area contributed by atoms with Crippen molar-refractivity contribution in [2.24, 2.45) is 5.92 Å². The second-order valence-corrected chi connectivity index (χ2v) is 9.98. The quantitative estimate of drug-likeness (QED) is 0.466. The van der Waals surface area contributed by atoms with Gasteiger partial charge in [-0.05, 0) is 61.0 Å². The van der Waals surface area contributed by atoms with Crippen LogP contribution in [0.3, 0.4) is 0 Å². The average Bonchev–Trinajstić information content (AvgIpc) is 3.50.